The van der Waals surface area contributed by atoms with Gasteiger partial charge in [0.05, 0.1) is 0 Å². The van der Waals surface area contributed by atoms with Gasteiger partial charge >= 0.3 is 11.9 Å². The number of ether oxygens (including phenoxy) is 2. The molecule has 204 valence electrons. The second-order valence-electron chi connectivity index (χ2n) is 10.1. The van der Waals surface area contributed by atoms with Crippen molar-refractivity contribution < 1.29 is 19.1 Å². The maximum absolute atomic E-state index is 12.4. The Morgan fingerprint density at radius 2 is 0.816 bits per heavy atom. The van der Waals surface area contributed by atoms with Gasteiger partial charge in [0.1, 0.15) is 11.5 Å². The zero-order chi connectivity index (χ0) is 26.7. The van der Waals surface area contributed by atoms with Crippen molar-refractivity contribution in [3.05, 3.63) is 71.8 Å². The van der Waals surface area contributed by atoms with E-state index in [1.165, 1.54) is 25.7 Å². The van der Waals surface area contributed by atoms with Crippen LogP contribution in [-0.2, 0) is 9.59 Å². The molecule has 0 atom stereocenters. The SMILES string of the molecule is O=C1CCCCCCCC/C=C/c2ccccc2OC(=O)CCCCCCCC/C=C/c2ccccc2O1. The van der Waals surface area contributed by atoms with E-state index in [4.69, 9.17) is 9.47 Å². The van der Waals surface area contributed by atoms with Gasteiger partial charge in [0.15, 0.2) is 0 Å². The Labute approximate surface area is 229 Å². The van der Waals surface area contributed by atoms with Crippen LogP contribution in [0.3, 0.4) is 0 Å². The van der Waals surface area contributed by atoms with E-state index in [0.29, 0.717) is 24.3 Å². The minimum absolute atomic E-state index is 0.143. The summed E-state index contributed by atoms with van der Waals surface area (Å²) in [6.45, 7) is 0. The fraction of sp³-hybridized carbons (Fsp3) is 0.471. The first-order valence-corrected chi connectivity index (χ1v) is 14.6. The molecule has 0 saturated heterocycles. The molecular formula is C34H44O4. The minimum Gasteiger partial charge on any atom is -0.426 e. The molecule has 4 heteroatoms. The number of carbonyl (C=O) groups excluding carboxylic acids is 2. The van der Waals surface area contributed by atoms with Crippen LogP contribution in [0, 0.1) is 0 Å². The lowest BCUT2D eigenvalue weighted by atomic mass is 10.1. The highest BCUT2D eigenvalue weighted by molar-refractivity contribution is 5.75. The highest BCUT2D eigenvalue weighted by Gasteiger charge is 2.09. The third-order valence-corrected chi connectivity index (χ3v) is 6.88. The number of para-hydroxylation sites is 2. The smallest absolute Gasteiger partial charge is 0.311 e. The molecule has 0 aliphatic carbocycles. The van der Waals surface area contributed by atoms with E-state index < -0.39 is 0 Å². The van der Waals surface area contributed by atoms with Gasteiger partial charge in [0, 0.05) is 24.0 Å². The predicted octanol–water partition coefficient (Wildman–Crippen LogP) is 9.48. The number of rotatable bonds is 0. The molecule has 0 unspecified atom stereocenters. The van der Waals surface area contributed by atoms with Gasteiger partial charge in [-0.05, 0) is 50.7 Å². The second-order valence-corrected chi connectivity index (χ2v) is 10.1. The molecule has 0 N–H and O–H groups in total. The Morgan fingerprint density at radius 3 is 1.26 bits per heavy atom. The zero-order valence-corrected chi connectivity index (χ0v) is 22.9. The standard InChI is InChI=1S/C34H44O4/c35-33-27-15-11-7-3-1-5-9-13-21-29-23-17-19-25-31(29)37-34(36)28-16-12-8-4-2-6-10-14-22-30-24-18-20-26-32(30)38-33/h13-14,17-26H,1-12,15-16,27-28H2/b21-13+,22-14+. The molecule has 2 aromatic carbocycles. The summed E-state index contributed by atoms with van der Waals surface area (Å²) in [5.74, 6) is 1.01. The monoisotopic (exact) mass is 516 g/mol. The van der Waals surface area contributed by atoms with Gasteiger partial charge in [0.2, 0.25) is 0 Å². The van der Waals surface area contributed by atoms with E-state index in [2.05, 4.69) is 24.3 Å². The van der Waals surface area contributed by atoms with Crippen molar-refractivity contribution in [1.29, 1.82) is 0 Å². The second kappa shape index (κ2) is 18.2. The minimum atomic E-state index is -0.143. The van der Waals surface area contributed by atoms with Crippen molar-refractivity contribution in [2.24, 2.45) is 0 Å². The van der Waals surface area contributed by atoms with Crippen LogP contribution >= 0.6 is 0 Å². The lowest BCUT2D eigenvalue weighted by molar-refractivity contribution is -0.135. The summed E-state index contributed by atoms with van der Waals surface area (Å²) in [6, 6.07) is 15.5. The van der Waals surface area contributed by atoms with Gasteiger partial charge in [-0.2, -0.15) is 0 Å². The van der Waals surface area contributed by atoms with E-state index in [1.54, 1.807) is 0 Å². The van der Waals surface area contributed by atoms with E-state index in [9.17, 15) is 9.59 Å². The number of benzene rings is 2. The van der Waals surface area contributed by atoms with Gasteiger partial charge in [-0.3, -0.25) is 9.59 Å². The fourth-order valence-corrected chi connectivity index (χ4v) is 4.67. The maximum atomic E-state index is 12.4. The first kappa shape index (κ1) is 29.4. The molecule has 3 rings (SSSR count). The summed E-state index contributed by atoms with van der Waals surface area (Å²) in [7, 11) is 0. The lowest BCUT2D eigenvalue weighted by Crippen LogP contribution is -2.08. The molecule has 38 heavy (non-hydrogen) atoms. The number of hydrogen-bond acceptors (Lipinski definition) is 4. The molecule has 4 nitrogen and oxygen atoms in total. The highest BCUT2D eigenvalue weighted by atomic mass is 16.5. The van der Waals surface area contributed by atoms with Gasteiger partial charge in [-0.15, -0.1) is 0 Å². The lowest BCUT2D eigenvalue weighted by Gasteiger charge is -2.08. The van der Waals surface area contributed by atoms with Gasteiger partial charge < -0.3 is 9.47 Å². The highest BCUT2D eigenvalue weighted by Crippen LogP contribution is 2.23. The van der Waals surface area contributed by atoms with E-state index in [-0.39, 0.29) is 11.9 Å². The molecule has 0 radical (unpaired) electrons. The fourth-order valence-electron chi connectivity index (χ4n) is 4.67. The van der Waals surface area contributed by atoms with Crippen LogP contribution in [0.4, 0.5) is 0 Å². The summed E-state index contributed by atoms with van der Waals surface area (Å²) in [5, 5.41) is 0. The summed E-state index contributed by atoms with van der Waals surface area (Å²) in [5.41, 5.74) is 1.91. The maximum Gasteiger partial charge on any atom is 0.311 e. The summed E-state index contributed by atoms with van der Waals surface area (Å²) < 4.78 is 11.4. The molecule has 1 aliphatic rings. The first-order valence-electron chi connectivity index (χ1n) is 14.6. The normalized spacial score (nSPS) is 19.9. The molecule has 0 spiro atoms. The summed E-state index contributed by atoms with van der Waals surface area (Å²) in [4.78, 5) is 24.8. The number of hydrogen-bond donors (Lipinski definition) is 0. The van der Waals surface area contributed by atoms with Crippen LogP contribution in [0.25, 0.3) is 12.2 Å². The van der Waals surface area contributed by atoms with Crippen molar-refractivity contribution in [2.75, 3.05) is 0 Å². The Hall–Kier alpha value is -3.14. The molecule has 0 fully saturated rings. The van der Waals surface area contributed by atoms with E-state index in [1.807, 2.05) is 48.5 Å². The van der Waals surface area contributed by atoms with Crippen molar-refractivity contribution in [2.45, 2.75) is 103 Å². The first-order chi connectivity index (χ1) is 18.7. The Morgan fingerprint density at radius 1 is 0.447 bits per heavy atom. The Balaban J connectivity index is 1.51. The third-order valence-electron chi connectivity index (χ3n) is 6.88. The van der Waals surface area contributed by atoms with Gasteiger partial charge in [0.25, 0.3) is 0 Å². The Kier molecular flexibility index (Phi) is 14.1. The van der Waals surface area contributed by atoms with Crippen LogP contribution in [0.1, 0.15) is 114 Å². The molecule has 0 bridgehead atoms. The third kappa shape index (κ3) is 11.9. The number of esters is 2. The zero-order valence-electron chi connectivity index (χ0n) is 22.9. The molecule has 0 aromatic heterocycles. The van der Waals surface area contributed by atoms with Crippen LogP contribution in [0.5, 0.6) is 11.5 Å². The van der Waals surface area contributed by atoms with E-state index in [0.717, 1.165) is 75.3 Å². The van der Waals surface area contributed by atoms with Crippen LogP contribution < -0.4 is 9.47 Å². The van der Waals surface area contributed by atoms with Crippen molar-refractivity contribution in [3.63, 3.8) is 0 Å². The summed E-state index contributed by atoms with van der Waals surface area (Å²) in [6.07, 6.45) is 24.4. The Bertz CT molecular complexity index is 953. The van der Waals surface area contributed by atoms with Crippen LogP contribution in [-0.4, -0.2) is 11.9 Å². The van der Waals surface area contributed by atoms with Crippen LogP contribution in [0.2, 0.25) is 0 Å². The largest absolute Gasteiger partial charge is 0.426 e. The number of allylic oxidation sites excluding steroid dienone is 2. The van der Waals surface area contributed by atoms with Crippen molar-refractivity contribution >= 4 is 24.1 Å². The van der Waals surface area contributed by atoms with Crippen molar-refractivity contribution in [1.82, 2.24) is 0 Å². The average molecular weight is 517 g/mol. The van der Waals surface area contributed by atoms with Gasteiger partial charge in [-0.1, -0.05) is 112 Å². The number of carbonyl (C=O) groups is 2. The molecule has 0 saturated carbocycles. The van der Waals surface area contributed by atoms with Crippen LogP contribution in [0.15, 0.2) is 60.7 Å². The predicted molar refractivity (Wildman–Crippen MR) is 156 cm³/mol. The molecule has 0 amide bonds. The molecule has 2 aromatic rings. The molecular weight excluding hydrogens is 472 g/mol. The average Bonchev–Trinajstić information content (AvgIpc) is 2.92. The van der Waals surface area contributed by atoms with Gasteiger partial charge in [-0.25, -0.2) is 0 Å². The number of fused-ring (bicyclic) bond motifs is 2. The summed E-state index contributed by atoms with van der Waals surface area (Å²) >= 11 is 0. The van der Waals surface area contributed by atoms with Crippen molar-refractivity contribution in [3.8, 4) is 11.5 Å². The topological polar surface area (TPSA) is 52.6 Å². The quantitative estimate of drug-likeness (QED) is 0.258. The van der Waals surface area contributed by atoms with E-state index >= 15 is 0 Å². The molecule has 1 aliphatic heterocycles. The molecule has 1 heterocycles.